The van der Waals surface area contributed by atoms with Gasteiger partial charge in [-0.2, -0.15) is 26.3 Å². The Balaban J connectivity index is 1.92. The number of piperidine rings is 1. The topological polar surface area (TPSA) is 32.3 Å². The number of benzene rings is 1. The van der Waals surface area contributed by atoms with Gasteiger partial charge in [-0.25, -0.2) is 0 Å². The van der Waals surface area contributed by atoms with Crippen LogP contribution in [0, 0.1) is 12.8 Å². The zero-order valence-corrected chi connectivity index (χ0v) is 18.6. The molecule has 0 aliphatic carbocycles. The molecule has 2 aromatic rings. The number of nitrogens with zero attached hydrogens (tertiary/aromatic N) is 1. The summed E-state index contributed by atoms with van der Waals surface area (Å²) >= 11 is 1.54. The summed E-state index contributed by atoms with van der Waals surface area (Å²) < 4.78 is 79.5. The van der Waals surface area contributed by atoms with Crippen LogP contribution in [0.2, 0.25) is 0 Å². The Morgan fingerprint density at radius 3 is 2.22 bits per heavy atom. The second-order valence-corrected chi connectivity index (χ2v) is 9.09. The van der Waals surface area contributed by atoms with E-state index in [-0.39, 0.29) is 23.5 Å². The van der Waals surface area contributed by atoms with E-state index in [0.717, 1.165) is 10.4 Å². The number of hydrogen-bond acceptors (Lipinski definition) is 3. The molecular formula is C22H24F6N2OS. The zero-order valence-electron chi connectivity index (χ0n) is 17.8. The normalized spacial score (nSPS) is 20.8. The second kappa shape index (κ2) is 9.05. The van der Waals surface area contributed by atoms with Crippen LogP contribution in [-0.2, 0) is 17.1 Å². The molecule has 10 heteroatoms. The van der Waals surface area contributed by atoms with Gasteiger partial charge in [0.25, 0.3) is 0 Å². The first-order valence-corrected chi connectivity index (χ1v) is 11.0. The summed E-state index contributed by atoms with van der Waals surface area (Å²) in [6.07, 6.45) is -9.33. The van der Waals surface area contributed by atoms with Gasteiger partial charge in [0.15, 0.2) is 0 Å². The molecule has 3 atom stereocenters. The Morgan fingerprint density at radius 1 is 1.12 bits per heavy atom. The van der Waals surface area contributed by atoms with Crippen LogP contribution in [0.15, 0.2) is 29.6 Å². The Hall–Kier alpha value is -2.07. The standard InChI is InChI=1S/C22H24F6N2OS/c1-12-5-7-32-19(12)18-11-29-6-4-17(18)20(31)30(3)13(2)14-8-15(21(23,24)25)10-16(9-14)22(26,27)28/h5,7-10,13,17-18,29H,4,6,11H2,1-3H3/t13-,17-,18-/m0/s1. The number of halogens is 6. The van der Waals surface area contributed by atoms with E-state index in [1.165, 1.54) is 18.9 Å². The van der Waals surface area contributed by atoms with Crippen LogP contribution in [0.25, 0.3) is 0 Å². The Labute approximate surface area is 186 Å². The summed E-state index contributed by atoms with van der Waals surface area (Å²) in [5.74, 6) is -0.796. The fraction of sp³-hybridized carbons (Fsp3) is 0.500. The number of alkyl halides is 6. The lowest BCUT2D eigenvalue weighted by Crippen LogP contribution is -2.44. The van der Waals surface area contributed by atoms with Crippen LogP contribution >= 0.6 is 11.3 Å². The molecule has 0 spiro atoms. The van der Waals surface area contributed by atoms with Gasteiger partial charge in [0.05, 0.1) is 17.2 Å². The maximum atomic E-state index is 13.4. The molecule has 176 valence electrons. The van der Waals surface area contributed by atoms with Crippen molar-refractivity contribution < 1.29 is 31.1 Å². The number of carbonyl (C=O) groups excluding carboxylic acids is 1. The fourth-order valence-corrected chi connectivity index (χ4v) is 5.19. The van der Waals surface area contributed by atoms with E-state index in [4.69, 9.17) is 0 Å². The predicted octanol–water partition coefficient (Wildman–Crippen LogP) is 6.01. The molecular weight excluding hydrogens is 454 g/mol. The van der Waals surface area contributed by atoms with Crippen molar-refractivity contribution in [2.75, 3.05) is 20.1 Å². The molecule has 1 saturated heterocycles. The maximum Gasteiger partial charge on any atom is 0.416 e. The van der Waals surface area contributed by atoms with Crippen LogP contribution < -0.4 is 5.32 Å². The van der Waals surface area contributed by atoms with E-state index >= 15 is 0 Å². The van der Waals surface area contributed by atoms with Crippen molar-refractivity contribution in [3.8, 4) is 0 Å². The smallest absolute Gasteiger partial charge is 0.339 e. The lowest BCUT2D eigenvalue weighted by atomic mass is 9.83. The highest BCUT2D eigenvalue weighted by Crippen LogP contribution is 2.40. The summed E-state index contributed by atoms with van der Waals surface area (Å²) in [6.45, 7) is 4.60. The highest BCUT2D eigenvalue weighted by atomic mass is 32.1. The van der Waals surface area contributed by atoms with Gasteiger partial charge in [0, 0.05) is 30.3 Å². The number of thiophene rings is 1. The molecule has 3 rings (SSSR count). The number of carbonyl (C=O) groups is 1. The van der Waals surface area contributed by atoms with Gasteiger partial charge in [-0.05, 0) is 67.6 Å². The van der Waals surface area contributed by atoms with Crippen molar-refractivity contribution >= 4 is 17.2 Å². The molecule has 0 unspecified atom stereocenters. The third kappa shape index (κ3) is 5.11. The molecule has 3 nitrogen and oxygen atoms in total. The SMILES string of the molecule is Cc1ccsc1[C@H]1CNCC[C@@H]1C(=O)N(C)[C@@H](C)c1cc(C(F)(F)F)cc(C(F)(F)F)c1. The van der Waals surface area contributed by atoms with Crippen LogP contribution in [0.1, 0.15) is 52.4 Å². The predicted molar refractivity (Wildman–Crippen MR) is 110 cm³/mol. The molecule has 1 amide bonds. The van der Waals surface area contributed by atoms with E-state index in [1.54, 1.807) is 11.3 Å². The van der Waals surface area contributed by atoms with E-state index < -0.39 is 35.4 Å². The first kappa shape index (κ1) is 24.6. The maximum absolute atomic E-state index is 13.4. The molecule has 1 N–H and O–H groups in total. The highest BCUT2D eigenvalue weighted by molar-refractivity contribution is 7.10. The largest absolute Gasteiger partial charge is 0.416 e. The number of amides is 1. The first-order chi connectivity index (χ1) is 14.8. The number of aryl methyl sites for hydroxylation is 1. The highest BCUT2D eigenvalue weighted by Gasteiger charge is 2.39. The van der Waals surface area contributed by atoms with Gasteiger partial charge in [-0.1, -0.05) is 0 Å². The van der Waals surface area contributed by atoms with Gasteiger partial charge >= 0.3 is 12.4 Å². The van der Waals surface area contributed by atoms with Gasteiger partial charge in [-0.3, -0.25) is 4.79 Å². The molecule has 1 aliphatic rings. The van der Waals surface area contributed by atoms with E-state index in [2.05, 4.69) is 5.32 Å². The number of nitrogens with one attached hydrogen (secondary N) is 1. The fourth-order valence-electron chi connectivity index (χ4n) is 4.09. The van der Waals surface area contributed by atoms with Crippen molar-refractivity contribution in [1.29, 1.82) is 0 Å². The zero-order chi connectivity index (χ0) is 23.8. The molecule has 0 radical (unpaired) electrons. The Kier molecular flexibility index (Phi) is 6.95. The minimum atomic E-state index is -4.94. The van der Waals surface area contributed by atoms with Crippen molar-refractivity contribution in [3.63, 3.8) is 0 Å². The van der Waals surface area contributed by atoms with Crippen molar-refractivity contribution in [2.45, 2.75) is 44.6 Å². The van der Waals surface area contributed by atoms with Crippen molar-refractivity contribution in [1.82, 2.24) is 10.2 Å². The van der Waals surface area contributed by atoms with Crippen LogP contribution in [-0.4, -0.2) is 30.9 Å². The quantitative estimate of drug-likeness (QED) is 0.546. The van der Waals surface area contributed by atoms with Crippen LogP contribution in [0.3, 0.4) is 0 Å². The summed E-state index contributed by atoms with van der Waals surface area (Å²) in [5, 5.41) is 5.21. The third-order valence-electron chi connectivity index (χ3n) is 6.06. The lowest BCUT2D eigenvalue weighted by Gasteiger charge is -2.36. The van der Waals surface area contributed by atoms with E-state index in [0.29, 0.717) is 31.6 Å². The van der Waals surface area contributed by atoms with Gasteiger partial charge in [0.1, 0.15) is 0 Å². The first-order valence-electron chi connectivity index (χ1n) is 10.1. The molecule has 2 heterocycles. The van der Waals surface area contributed by atoms with Crippen LogP contribution in [0.5, 0.6) is 0 Å². The molecule has 1 fully saturated rings. The summed E-state index contributed by atoms with van der Waals surface area (Å²) in [6, 6.07) is 2.47. The minimum absolute atomic E-state index is 0.0977. The second-order valence-electron chi connectivity index (χ2n) is 8.14. The molecule has 0 bridgehead atoms. The monoisotopic (exact) mass is 478 g/mol. The van der Waals surface area contributed by atoms with Crippen molar-refractivity contribution in [2.24, 2.45) is 5.92 Å². The summed E-state index contributed by atoms with van der Waals surface area (Å²) in [7, 11) is 1.43. The number of hydrogen-bond donors (Lipinski definition) is 1. The van der Waals surface area contributed by atoms with Crippen molar-refractivity contribution in [3.05, 3.63) is 56.8 Å². The number of rotatable bonds is 4. The Bertz CT molecular complexity index is 936. The van der Waals surface area contributed by atoms with E-state index in [1.807, 2.05) is 18.4 Å². The van der Waals surface area contributed by atoms with Gasteiger partial charge in [-0.15, -0.1) is 11.3 Å². The summed E-state index contributed by atoms with van der Waals surface area (Å²) in [4.78, 5) is 15.7. The molecule has 32 heavy (non-hydrogen) atoms. The third-order valence-corrected chi connectivity index (χ3v) is 7.21. The average molecular weight is 479 g/mol. The average Bonchev–Trinajstić information content (AvgIpc) is 3.16. The van der Waals surface area contributed by atoms with Gasteiger partial charge < -0.3 is 10.2 Å². The lowest BCUT2D eigenvalue weighted by molar-refractivity contribution is -0.143. The van der Waals surface area contributed by atoms with Crippen LogP contribution in [0.4, 0.5) is 26.3 Å². The minimum Gasteiger partial charge on any atom is -0.339 e. The summed E-state index contributed by atoms with van der Waals surface area (Å²) in [5.41, 5.74) is -1.92. The molecule has 0 saturated carbocycles. The molecule has 1 aliphatic heterocycles. The van der Waals surface area contributed by atoms with E-state index in [9.17, 15) is 31.1 Å². The molecule has 1 aromatic carbocycles. The van der Waals surface area contributed by atoms with Gasteiger partial charge in [0.2, 0.25) is 5.91 Å². The molecule has 1 aromatic heterocycles. The Morgan fingerprint density at radius 2 is 1.72 bits per heavy atom.